The van der Waals surface area contributed by atoms with Gasteiger partial charge in [0.2, 0.25) is 0 Å². The highest BCUT2D eigenvalue weighted by molar-refractivity contribution is 4.75. The Labute approximate surface area is 61.9 Å². The van der Waals surface area contributed by atoms with Gasteiger partial charge in [0.1, 0.15) is 0 Å². The maximum absolute atomic E-state index is 9.05. The predicted octanol–water partition coefficient (Wildman–Crippen LogP) is 0.213. The van der Waals surface area contributed by atoms with Gasteiger partial charge in [-0.1, -0.05) is 0 Å². The second kappa shape index (κ2) is 5.21. The second-order valence-corrected chi connectivity index (χ2v) is 2.61. The maximum Gasteiger partial charge on any atom is 0.0682 e. The van der Waals surface area contributed by atoms with Gasteiger partial charge in [0.05, 0.1) is 18.6 Å². The van der Waals surface area contributed by atoms with Gasteiger partial charge in [-0.15, -0.1) is 0 Å². The van der Waals surface area contributed by atoms with E-state index in [-0.39, 0.29) is 6.42 Å². The van der Waals surface area contributed by atoms with Crippen LogP contribution in [-0.2, 0) is 0 Å². The molecule has 0 aromatic heterocycles. The van der Waals surface area contributed by atoms with Crippen molar-refractivity contribution in [1.82, 2.24) is 4.90 Å². The number of aliphatic hydroxyl groups excluding tert-OH is 1. The van der Waals surface area contributed by atoms with Gasteiger partial charge in [0, 0.05) is 6.54 Å². The van der Waals surface area contributed by atoms with Gasteiger partial charge in [-0.2, -0.15) is 5.26 Å². The summed E-state index contributed by atoms with van der Waals surface area (Å²) in [6.45, 7) is 0.836. The summed E-state index contributed by atoms with van der Waals surface area (Å²) in [5, 5.41) is 17.2. The Morgan fingerprint density at radius 3 is 2.60 bits per heavy atom. The van der Waals surface area contributed by atoms with Gasteiger partial charge in [-0.05, 0) is 20.5 Å². The first-order valence-corrected chi connectivity index (χ1v) is 3.36. The molecule has 3 nitrogen and oxygen atoms in total. The van der Waals surface area contributed by atoms with Gasteiger partial charge in [-0.3, -0.25) is 0 Å². The third kappa shape index (κ3) is 5.54. The minimum absolute atomic E-state index is 0.244. The molecule has 0 amide bonds. The first kappa shape index (κ1) is 9.41. The standard InChI is InChI=1S/C7H14N2O/c1-9(2)6-4-7(10)3-5-8/h7,10H,3-4,6H2,1-2H3. The van der Waals surface area contributed by atoms with Crippen molar-refractivity contribution >= 4 is 0 Å². The fourth-order valence-corrected chi connectivity index (χ4v) is 0.615. The Morgan fingerprint density at radius 2 is 2.20 bits per heavy atom. The zero-order valence-electron chi connectivity index (χ0n) is 6.54. The highest BCUT2D eigenvalue weighted by atomic mass is 16.3. The molecule has 0 spiro atoms. The number of aliphatic hydroxyl groups is 1. The van der Waals surface area contributed by atoms with Crippen LogP contribution < -0.4 is 0 Å². The van der Waals surface area contributed by atoms with Crippen LogP contribution in [0, 0.1) is 11.3 Å². The molecule has 0 aromatic rings. The zero-order chi connectivity index (χ0) is 7.98. The lowest BCUT2D eigenvalue weighted by molar-refractivity contribution is 0.156. The molecule has 1 atom stereocenters. The van der Waals surface area contributed by atoms with Gasteiger partial charge in [0.15, 0.2) is 0 Å². The van der Waals surface area contributed by atoms with E-state index < -0.39 is 6.10 Å². The Bertz CT molecular complexity index is 117. The fraction of sp³-hybridized carbons (Fsp3) is 0.857. The molecule has 0 bridgehead atoms. The van der Waals surface area contributed by atoms with Crippen LogP contribution in [0.15, 0.2) is 0 Å². The molecular formula is C7H14N2O. The van der Waals surface area contributed by atoms with Crippen LogP contribution in [0.2, 0.25) is 0 Å². The molecule has 0 aromatic carbocycles. The van der Waals surface area contributed by atoms with Crippen LogP contribution in [-0.4, -0.2) is 36.8 Å². The van der Waals surface area contributed by atoms with Gasteiger partial charge in [0.25, 0.3) is 0 Å². The molecule has 1 N–H and O–H groups in total. The van der Waals surface area contributed by atoms with Crippen molar-refractivity contribution < 1.29 is 5.11 Å². The highest BCUT2D eigenvalue weighted by Gasteiger charge is 2.02. The summed E-state index contributed by atoms with van der Waals surface area (Å²) < 4.78 is 0. The predicted molar refractivity (Wildman–Crippen MR) is 39.4 cm³/mol. The average molecular weight is 142 g/mol. The zero-order valence-corrected chi connectivity index (χ0v) is 6.54. The molecule has 0 aliphatic carbocycles. The van der Waals surface area contributed by atoms with E-state index in [1.165, 1.54) is 0 Å². The van der Waals surface area contributed by atoms with E-state index in [0.717, 1.165) is 6.54 Å². The van der Waals surface area contributed by atoms with Crippen LogP contribution in [0.25, 0.3) is 0 Å². The quantitative estimate of drug-likeness (QED) is 0.610. The molecule has 58 valence electrons. The maximum atomic E-state index is 9.05. The van der Waals surface area contributed by atoms with Crippen LogP contribution in [0.3, 0.4) is 0 Å². The molecule has 10 heavy (non-hydrogen) atoms. The Morgan fingerprint density at radius 1 is 1.60 bits per heavy atom. The van der Waals surface area contributed by atoms with Crippen LogP contribution in [0.1, 0.15) is 12.8 Å². The third-order valence-corrected chi connectivity index (χ3v) is 1.24. The van der Waals surface area contributed by atoms with Crippen molar-refractivity contribution in [1.29, 1.82) is 5.26 Å². The highest BCUT2D eigenvalue weighted by Crippen LogP contribution is 1.96. The summed E-state index contributed by atoms with van der Waals surface area (Å²) in [6, 6.07) is 1.92. The summed E-state index contributed by atoms with van der Waals surface area (Å²) in [5.74, 6) is 0. The van der Waals surface area contributed by atoms with E-state index in [1.807, 2.05) is 25.1 Å². The topological polar surface area (TPSA) is 47.3 Å². The summed E-state index contributed by atoms with van der Waals surface area (Å²) in [4.78, 5) is 1.99. The van der Waals surface area contributed by atoms with E-state index in [4.69, 9.17) is 10.4 Å². The lowest BCUT2D eigenvalue weighted by Crippen LogP contribution is -2.18. The van der Waals surface area contributed by atoms with Crippen LogP contribution >= 0.6 is 0 Å². The van der Waals surface area contributed by atoms with Gasteiger partial charge < -0.3 is 10.0 Å². The molecule has 1 unspecified atom stereocenters. The summed E-state index contributed by atoms with van der Waals surface area (Å²) >= 11 is 0. The Kier molecular flexibility index (Phi) is 4.91. The van der Waals surface area contributed by atoms with E-state index in [9.17, 15) is 0 Å². The smallest absolute Gasteiger partial charge is 0.0682 e. The second-order valence-electron chi connectivity index (χ2n) is 2.61. The van der Waals surface area contributed by atoms with E-state index in [2.05, 4.69) is 0 Å². The SMILES string of the molecule is CN(C)CCC(O)CC#N. The summed E-state index contributed by atoms with van der Waals surface area (Å²) in [6.07, 6.45) is 0.474. The minimum atomic E-state index is -0.451. The first-order chi connectivity index (χ1) is 4.66. The number of nitrogens with zero attached hydrogens (tertiary/aromatic N) is 2. The summed E-state index contributed by atoms with van der Waals surface area (Å²) in [5.41, 5.74) is 0. The molecule has 0 aliphatic rings. The largest absolute Gasteiger partial charge is 0.392 e. The van der Waals surface area contributed by atoms with Crippen LogP contribution in [0.5, 0.6) is 0 Å². The van der Waals surface area contributed by atoms with Crippen molar-refractivity contribution in [3.63, 3.8) is 0 Å². The molecular weight excluding hydrogens is 128 g/mol. The van der Waals surface area contributed by atoms with Crippen molar-refractivity contribution in [2.75, 3.05) is 20.6 Å². The Hall–Kier alpha value is -0.590. The molecule has 0 rings (SSSR count). The monoisotopic (exact) mass is 142 g/mol. The average Bonchev–Trinajstić information content (AvgIpc) is 1.85. The van der Waals surface area contributed by atoms with Gasteiger partial charge >= 0.3 is 0 Å². The normalized spacial score (nSPS) is 13.1. The fourth-order valence-electron chi connectivity index (χ4n) is 0.615. The van der Waals surface area contributed by atoms with E-state index in [0.29, 0.717) is 6.42 Å². The van der Waals surface area contributed by atoms with E-state index >= 15 is 0 Å². The van der Waals surface area contributed by atoms with Crippen molar-refractivity contribution in [2.24, 2.45) is 0 Å². The third-order valence-electron chi connectivity index (χ3n) is 1.24. The van der Waals surface area contributed by atoms with Crippen molar-refractivity contribution in [3.8, 4) is 6.07 Å². The number of hydrogen-bond donors (Lipinski definition) is 1. The van der Waals surface area contributed by atoms with Gasteiger partial charge in [-0.25, -0.2) is 0 Å². The molecule has 0 saturated carbocycles. The number of nitriles is 1. The lowest BCUT2D eigenvalue weighted by Gasteiger charge is -2.11. The Balaban J connectivity index is 3.23. The number of rotatable bonds is 4. The number of hydrogen-bond acceptors (Lipinski definition) is 3. The van der Waals surface area contributed by atoms with Crippen LogP contribution in [0.4, 0.5) is 0 Å². The summed E-state index contributed by atoms with van der Waals surface area (Å²) in [7, 11) is 3.89. The molecule has 0 heterocycles. The lowest BCUT2D eigenvalue weighted by atomic mass is 10.2. The molecule has 0 fully saturated rings. The molecule has 0 radical (unpaired) electrons. The molecule has 0 aliphatic heterocycles. The van der Waals surface area contributed by atoms with Crippen molar-refractivity contribution in [3.05, 3.63) is 0 Å². The van der Waals surface area contributed by atoms with Crippen molar-refractivity contribution in [2.45, 2.75) is 18.9 Å². The molecule has 0 saturated heterocycles. The first-order valence-electron chi connectivity index (χ1n) is 3.36. The van der Waals surface area contributed by atoms with E-state index in [1.54, 1.807) is 0 Å². The minimum Gasteiger partial charge on any atom is -0.392 e. The molecule has 3 heteroatoms.